The summed E-state index contributed by atoms with van der Waals surface area (Å²) in [6, 6.07) is 9.75. The van der Waals surface area contributed by atoms with Crippen LogP contribution in [0.4, 0.5) is 0 Å². The third kappa shape index (κ3) is 1.62. The molecule has 0 atom stereocenters. The van der Waals surface area contributed by atoms with Crippen LogP contribution in [0.15, 0.2) is 36.4 Å². The molecule has 2 N–H and O–H groups in total. The Balaban J connectivity index is 2.33. The first kappa shape index (κ1) is 12.7. The van der Waals surface area contributed by atoms with Crippen molar-refractivity contribution in [1.82, 2.24) is 0 Å². The van der Waals surface area contributed by atoms with E-state index in [1.165, 1.54) is 6.07 Å². The van der Waals surface area contributed by atoms with Gasteiger partial charge in [-0.25, -0.2) is 0 Å². The zero-order valence-corrected chi connectivity index (χ0v) is 10.6. The number of aliphatic hydroxyl groups excluding tert-OH is 2. The van der Waals surface area contributed by atoms with Gasteiger partial charge < -0.3 is 10.2 Å². The summed E-state index contributed by atoms with van der Waals surface area (Å²) in [5, 5.41) is 18.8. The Morgan fingerprint density at radius 1 is 0.750 bits per heavy atom. The van der Waals surface area contributed by atoms with Crippen LogP contribution in [0.25, 0.3) is 0 Å². The minimum absolute atomic E-state index is 0.211. The quantitative estimate of drug-likeness (QED) is 0.737. The monoisotopic (exact) mass is 268 g/mol. The van der Waals surface area contributed by atoms with Crippen LogP contribution in [0, 0.1) is 0 Å². The lowest BCUT2D eigenvalue weighted by Gasteiger charge is -2.21. The van der Waals surface area contributed by atoms with Crippen molar-refractivity contribution in [1.29, 1.82) is 0 Å². The second kappa shape index (κ2) is 4.67. The normalized spacial score (nSPS) is 13.1. The Kier molecular flexibility index (Phi) is 2.97. The van der Waals surface area contributed by atoms with Gasteiger partial charge in [-0.05, 0) is 17.2 Å². The van der Waals surface area contributed by atoms with Crippen LogP contribution < -0.4 is 0 Å². The van der Waals surface area contributed by atoms with Gasteiger partial charge in [-0.15, -0.1) is 0 Å². The lowest BCUT2D eigenvalue weighted by molar-refractivity contribution is 0.0976. The highest BCUT2D eigenvalue weighted by atomic mass is 16.3. The van der Waals surface area contributed by atoms with Crippen molar-refractivity contribution in [2.75, 3.05) is 0 Å². The molecular formula is C16H12O4. The maximum atomic E-state index is 12.6. The second-order valence-corrected chi connectivity index (χ2v) is 4.65. The van der Waals surface area contributed by atoms with Crippen LogP contribution >= 0.6 is 0 Å². The number of fused-ring (bicyclic) bond motifs is 2. The number of benzene rings is 2. The molecule has 0 spiro atoms. The standard InChI is InChI=1S/C16H12O4/c17-7-9-5-6-12-14(13(9)8-18)16(20)11-4-2-1-3-10(11)15(12)19/h1-6,17-18H,7-8H2. The molecular weight excluding hydrogens is 256 g/mol. The van der Waals surface area contributed by atoms with E-state index in [2.05, 4.69) is 0 Å². The highest BCUT2D eigenvalue weighted by Crippen LogP contribution is 2.31. The summed E-state index contributed by atoms with van der Waals surface area (Å²) in [7, 11) is 0. The fraction of sp³-hybridized carbons (Fsp3) is 0.125. The number of carbonyl (C=O) groups is 2. The molecule has 0 radical (unpaired) electrons. The van der Waals surface area contributed by atoms with E-state index in [9.17, 15) is 19.8 Å². The van der Waals surface area contributed by atoms with Crippen LogP contribution in [0.2, 0.25) is 0 Å². The number of hydrogen-bond acceptors (Lipinski definition) is 4. The lowest BCUT2D eigenvalue weighted by Crippen LogP contribution is -2.23. The minimum atomic E-state index is -0.389. The molecule has 0 fully saturated rings. The Hall–Kier alpha value is -2.30. The fourth-order valence-electron chi connectivity index (χ4n) is 2.63. The Bertz CT molecular complexity index is 731. The molecule has 0 saturated carbocycles. The van der Waals surface area contributed by atoms with Gasteiger partial charge in [-0.1, -0.05) is 30.3 Å². The van der Waals surface area contributed by atoms with E-state index in [4.69, 9.17) is 0 Å². The molecule has 4 nitrogen and oxygen atoms in total. The summed E-state index contributed by atoms with van der Waals surface area (Å²) >= 11 is 0. The molecule has 0 heterocycles. The van der Waals surface area contributed by atoms with Gasteiger partial charge in [-0.2, -0.15) is 0 Å². The van der Waals surface area contributed by atoms with Gasteiger partial charge in [0.25, 0.3) is 0 Å². The first-order valence-electron chi connectivity index (χ1n) is 6.24. The summed E-state index contributed by atoms with van der Waals surface area (Å²) in [6.45, 7) is -0.674. The maximum Gasteiger partial charge on any atom is 0.194 e. The molecule has 1 aliphatic rings. The smallest absolute Gasteiger partial charge is 0.194 e. The van der Waals surface area contributed by atoms with Crippen LogP contribution in [-0.4, -0.2) is 21.8 Å². The van der Waals surface area contributed by atoms with Crippen LogP contribution in [0.1, 0.15) is 43.0 Å². The second-order valence-electron chi connectivity index (χ2n) is 4.65. The molecule has 100 valence electrons. The number of aliphatic hydroxyl groups is 2. The Morgan fingerprint density at radius 3 is 2.00 bits per heavy atom. The average molecular weight is 268 g/mol. The van der Waals surface area contributed by atoms with E-state index in [0.717, 1.165) is 0 Å². The molecule has 0 amide bonds. The van der Waals surface area contributed by atoms with Crippen LogP contribution in [-0.2, 0) is 13.2 Å². The van der Waals surface area contributed by atoms with Gasteiger partial charge in [0, 0.05) is 22.3 Å². The van der Waals surface area contributed by atoms with E-state index in [0.29, 0.717) is 22.3 Å². The van der Waals surface area contributed by atoms with E-state index in [1.807, 2.05) is 0 Å². The Morgan fingerprint density at radius 2 is 1.40 bits per heavy atom. The van der Waals surface area contributed by atoms with Crippen molar-refractivity contribution >= 4 is 11.6 Å². The van der Waals surface area contributed by atoms with E-state index in [1.54, 1.807) is 30.3 Å². The van der Waals surface area contributed by atoms with Gasteiger partial charge in [0.1, 0.15) is 0 Å². The third-order valence-electron chi connectivity index (χ3n) is 3.63. The van der Waals surface area contributed by atoms with Gasteiger partial charge >= 0.3 is 0 Å². The summed E-state index contributed by atoms with van der Waals surface area (Å²) in [6.07, 6.45) is 0. The van der Waals surface area contributed by atoms with E-state index < -0.39 is 0 Å². The first-order chi connectivity index (χ1) is 9.69. The van der Waals surface area contributed by atoms with Crippen molar-refractivity contribution in [3.05, 3.63) is 69.8 Å². The first-order valence-corrected chi connectivity index (χ1v) is 6.24. The SMILES string of the molecule is O=C1c2ccccc2C(=O)c2c1ccc(CO)c2CO. The minimum Gasteiger partial charge on any atom is -0.392 e. The molecule has 1 aliphatic carbocycles. The summed E-state index contributed by atoms with van der Waals surface area (Å²) in [4.78, 5) is 25.0. The topological polar surface area (TPSA) is 74.6 Å². The number of carbonyl (C=O) groups excluding carboxylic acids is 2. The van der Waals surface area contributed by atoms with Crippen LogP contribution in [0.3, 0.4) is 0 Å². The lowest BCUT2D eigenvalue weighted by atomic mass is 9.80. The molecule has 0 bridgehead atoms. The highest BCUT2D eigenvalue weighted by molar-refractivity contribution is 6.28. The fourth-order valence-corrected chi connectivity index (χ4v) is 2.63. The largest absolute Gasteiger partial charge is 0.392 e. The number of rotatable bonds is 2. The van der Waals surface area contributed by atoms with Gasteiger partial charge in [0.2, 0.25) is 0 Å². The number of hydrogen-bond donors (Lipinski definition) is 2. The predicted molar refractivity (Wildman–Crippen MR) is 71.6 cm³/mol. The van der Waals surface area contributed by atoms with Gasteiger partial charge in [0.15, 0.2) is 11.6 Å². The molecule has 20 heavy (non-hydrogen) atoms. The Labute approximate surface area is 115 Å². The average Bonchev–Trinajstić information content (AvgIpc) is 2.51. The number of ketones is 2. The molecule has 4 heteroatoms. The molecule has 0 aliphatic heterocycles. The van der Waals surface area contributed by atoms with Gasteiger partial charge in [0.05, 0.1) is 13.2 Å². The van der Waals surface area contributed by atoms with E-state index >= 15 is 0 Å². The summed E-state index contributed by atoms with van der Waals surface area (Å²) in [5.41, 5.74) is 2.02. The zero-order chi connectivity index (χ0) is 14.3. The molecule has 0 saturated heterocycles. The van der Waals surface area contributed by atoms with Crippen molar-refractivity contribution in [3.63, 3.8) is 0 Å². The molecule has 2 aromatic rings. The predicted octanol–water partition coefficient (Wildman–Crippen LogP) is 1.45. The van der Waals surface area contributed by atoms with Gasteiger partial charge in [-0.3, -0.25) is 9.59 Å². The zero-order valence-electron chi connectivity index (χ0n) is 10.6. The maximum absolute atomic E-state index is 12.6. The molecule has 3 rings (SSSR count). The van der Waals surface area contributed by atoms with Crippen molar-refractivity contribution in [3.8, 4) is 0 Å². The summed E-state index contributed by atoms with van der Waals surface area (Å²) in [5.74, 6) is -0.510. The molecule has 0 unspecified atom stereocenters. The van der Waals surface area contributed by atoms with Crippen molar-refractivity contribution in [2.45, 2.75) is 13.2 Å². The van der Waals surface area contributed by atoms with E-state index in [-0.39, 0.29) is 35.9 Å². The van der Waals surface area contributed by atoms with Crippen molar-refractivity contribution < 1.29 is 19.8 Å². The summed E-state index contributed by atoms with van der Waals surface area (Å²) < 4.78 is 0. The highest BCUT2D eigenvalue weighted by Gasteiger charge is 2.31. The molecule has 2 aromatic carbocycles. The van der Waals surface area contributed by atoms with Crippen molar-refractivity contribution in [2.24, 2.45) is 0 Å². The van der Waals surface area contributed by atoms with Crippen LogP contribution in [0.5, 0.6) is 0 Å². The molecule has 0 aromatic heterocycles. The third-order valence-corrected chi connectivity index (χ3v) is 3.63.